The van der Waals surface area contributed by atoms with Crippen molar-refractivity contribution in [2.24, 2.45) is 5.92 Å². The zero-order chi connectivity index (χ0) is 16.7. The predicted molar refractivity (Wildman–Crippen MR) is 85.7 cm³/mol. The van der Waals surface area contributed by atoms with Gasteiger partial charge in [0.1, 0.15) is 6.10 Å². The van der Waals surface area contributed by atoms with E-state index in [9.17, 15) is 9.59 Å². The molecule has 0 N–H and O–H groups in total. The van der Waals surface area contributed by atoms with Crippen LogP contribution in [0.15, 0.2) is 24.3 Å². The van der Waals surface area contributed by atoms with Crippen LogP contribution in [-0.4, -0.2) is 24.1 Å². The summed E-state index contributed by atoms with van der Waals surface area (Å²) in [6.45, 7) is 9.48. The van der Waals surface area contributed by atoms with E-state index >= 15 is 0 Å². The molecule has 1 atom stereocenters. The van der Waals surface area contributed by atoms with Gasteiger partial charge in [-0.05, 0) is 44.7 Å². The fourth-order valence-corrected chi connectivity index (χ4v) is 2.17. The summed E-state index contributed by atoms with van der Waals surface area (Å²) < 4.78 is 10.4. The van der Waals surface area contributed by atoms with E-state index in [0.717, 1.165) is 12.0 Å². The topological polar surface area (TPSA) is 52.6 Å². The van der Waals surface area contributed by atoms with Crippen molar-refractivity contribution in [2.75, 3.05) is 0 Å². The number of esters is 2. The molecule has 0 bridgehead atoms. The number of rotatable bonds is 7. The summed E-state index contributed by atoms with van der Waals surface area (Å²) in [7, 11) is 0. The molecule has 0 fully saturated rings. The highest BCUT2D eigenvalue weighted by molar-refractivity contribution is 5.91. The van der Waals surface area contributed by atoms with Crippen LogP contribution in [0, 0.1) is 5.92 Å². The Morgan fingerprint density at radius 3 is 2.23 bits per heavy atom. The van der Waals surface area contributed by atoms with Crippen LogP contribution < -0.4 is 0 Å². The van der Waals surface area contributed by atoms with Gasteiger partial charge in [0.25, 0.3) is 0 Å². The van der Waals surface area contributed by atoms with Gasteiger partial charge in [0, 0.05) is 0 Å². The third-order valence-corrected chi connectivity index (χ3v) is 2.99. The Balaban J connectivity index is 2.67. The summed E-state index contributed by atoms with van der Waals surface area (Å²) in [5, 5.41) is 0. The summed E-state index contributed by atoms with van der Waals surface area (Å²) in [5.74, 6) is -0.292. The summed E-state index contributed by atoms with van der Waals surface area (Å²) in [5.41, 5.74) is 1.54. The fraction of sp³-hybridized carbons (Fsp3) is 0.556. The van der Waals surface area contributed by atoms with Crippen molar-refractivity contribution in [2.45, 2.75) is 59.7 Å². The van der Waals surface area contributed by atoms with E-state index in [1.54, 1.807) is 26.8 Å². The number of hydrogen-bond donors (Lipinski definition) is 0. The minimum absolute atomic E-state index is 0.0657. The number of ether oxygens (including phenoxy) is 2. The lowest BCUT2D eigenvalue weighted by Gasteiger charge is -2.16. The summed E-state index contributed by atoms with van der Waals surface area (Å²) in [6.07, 6.45) is 0.207. The van der Waals surface area contributed by atoms with Crippen molar-refractivity contribution in [3.8, 4) is 0 Å². The first-order valence-electron chi connectivity index (χ1n) is 7.78. The number of benzene rings is 1. The smallest absolute Gasteiger partial charge is 0.338 e. The molecule has 4 nitrogen and oxygen atoms in total. The van der Waals surface area contributed by atoms with E-state index < -0.39 is 6.10 Å². The number of carbonyl (C=O) groups excluding carboxylic acids is 2. The first-order chi connectivity index (χ1) is 10.3. The molecular formula is C18H26O4. The van der Waals surface area contributed by atoms with E-state index in [-0.39, 0.29) is 24.5 Å². The molecule has 122 valence electrons. The van der Waals surface area contributed by atoms with Gasteiger partial charge in [-0.1, -0.05) is 32.0 Å². The van der Waals surface area contributed by atoms with Gasteiger partial charge in [-0.15, -0.1) is 0 Å². The second kappa shape index (κ2) is 8.57. The highest BCUT2D eigenvalue weighted by atomic mass is 16.6. The standard InChI is InChI=1S/C18H26O4/c1-12(2)10-15-8-6-7-9-16(15)18(20)22-14(5)11-17(19)21-13(3)4/h6-9,12-14H,10-11H2,1-5H3. The van der Waals surface area contributed by atoms with Gasteiger partial charge >= 0.3 is 11.9 Å². The molecule has 1 rings (SSSR count). The van der Waals surface area contributed by atoms with E-state index in [0.29, 0.717) is 11.5 Å². The van der Waals surface area contributed by atoms with E-state index in [2.05, 4.69) is 13.8 Å². The maximum Gasteiger partial charge on any atom is 0.338 e. The number of hydrogen-bond acceptors (Lipinski definition) is 4. The van der Waals surface area contributed by atoms with Crippen molar-refractivity contribution in [3.05, 3.63) is 35.4 Å². The molecule has 0 saturated carbocycles. The Morgan fingerprint density at radius 2 is 1.64 bits per heavy atom. The Hall–Kier alpha value is -1.84. The molecule has 0 spiro atoms. The summed E-state index contributed by atoms with van der Waals surface area (Å²) in [6, 6.07) is 7.43. The maximum atomic E-state index is 12.3. The van der Waals surface area contributed by atoms with Crippen LogP contribution in [-0.2, 0) is 20.7 Å². The molecule has 0 radical (unpaired) electrons. The van der Waals surface area contributed by atoms with Crippen molar-refractivity contribution in [1.29, 1.82) is 0 Å². The first kappa shape index (κ1) is 18.2. The molecular weight excluding hydrogens is 280 g/mol. The highest BCUT2D eigenvalue weighted by Gasteiger charge is 2.19. The zero-order valence-electron chi connectivity index (χ0n) is 14.1. The van der Waals surface area contributed by atoms with Crippen molar-refractivity contribution < 1.29 is 19.1 Å². The van der Waals surface area contributed by atoms with Crippen LogP contribution in [0.5, 0.6) is 0 Å². The maximum absolute atomic E-state index is 12.3. The van der Waals surface area contributed by atoms with Gasteiger partial charge < -0.3 is 9.47 Å². The van der Waals surface area contributed by atoms with Crippen LogP contribution in [0.3, 0.4) is 0 Å². The monoisotopic (exact) mass is 306 g/mol. The molecule has 0 aliphatic rings. The minimum atomic E-state index is -0.508. The molecule has 4 heteroatoms. The molecule has 1 aromatic carbocycles. The average Bonchev–Trinajstić information content (AvgIpc) is 2.36. The van der Waals surface area contributed by atoms with Gasteiger partial charge in [0.15, 0.2) is 0 Å². The molecule has 0 aliphatic heterocycles. The average molecular weight is 306 g/mol. The van der Waals surface area contributed by atoms with Crippen LogP contribution in [0.1, 0.15) is 57.0 Å². The highest BCUT2D eigenvalue weighted by Crippen LogP contribution is 2.16. The summed E-state index contributed by atoms with van der Waals surface area (Å²) >= 11 is 0. The van der Waals surface area contributed by atoms with Crippen molar-refractivity contribution in [1.82, 2.24) is 0 Å². The first-order valence-corrected chi connectivity index (χ1v) is 7.78. The van der Waals surface area contributed by atoms with E-state index in [4.69, 9.17) is 9.47 Å². The molecule has 0 heterocycles. The Labute approximate surface area is 132 Å². The minimum Gasteiger partial charge on any atom is -0.463 e. The molecule has 0 saturated heterocycles. The summed E-state index contributed by atoms with van der Waals surface area (Å²) in [4.78, 5) is 23.9. The van der Waals surface area contributed by atoms with Crippen molar-refractivity contribution in [3.63, 3.8) is 0 Å². The Morgan fingerprint density at radius 1 is 1.00 bits per heavy atom. The van der Waals surface area contributed by atoms with Gasteiger partial charge in [0.2, 0.25) is 0 Å². The fourth-order valence-electron chi connectivity index (χ4n) is 2.17. The van der Waals surface area contributed by atoms with E-state index in [1.165, 1.54) is 0 Å². The van der Waals surface area contributed by atoms with Crippen LogP contribution in [0.4, 0.5) is 0 Å². The van der Waals surface area contributed by atoms with Crippen LogP contribution in [0.2, 0.25) is 0 Å². The molecule has 0 amide bonds. The molecule has 1 aromatic rings. The van der Waals surface area contributed by atoms with Crippen LogP contribution >= 0.6 is 0 Å². The molecule has 22 heavy (non-hydrogen) atoms. The Kier molecular flexibility index (Phi) is 7.09. The lowest BCUT2D eigenvalue weighted by atomic mass is 9.98. The van der Waals surface area contributed by atoms with Crippen LogP contribution in [0.25, 0.3) is 0 Å². The van der Waals surface area contributed by atoms with Crippen molar-refractivity contribution >= 4 is 11.9 Å². The van der Waals surface area contributed by atoms with Gasteiger partial charge in [-0.25, -0.2) is 4.79 Å². The normalized spacial score (nSPS) is 12.3. The lowest BCUT2D eigenvalue weighted by Crippen LogP contribution is -2.22. The lowest BCUT2D eigenvalue weighted by molar-refractivity contribution is -0.149. The third-order valence-electron chi connectivity index (χ3n) is 2.99. The third kappa shape index (κ3) is 6.29. The number of carbonyl (C=O) groups is 2. The largest absolute Gasteiger partial charge is 0.463 e. The van der Waals surface area contributed by atoms with Gasteiger partial charge in [0.05, 0.1) is 18.1 Å². The Bertz CT molecular complexity index is 506. The van der Waals surface area contributed by atoms with Gasteiger partial charge in [-0.3, -0.25) is 4.79 Å². The second-order valence-electron chi connectivity index (χ2n) is 6.21. The quantitative estimate of drug-likeness (QED) is 0.720. The molecule has 0 aromatic heterocycles. The zero-order valence-corrected chi connectivity index (χ0v) is 14.1. The molecule has 0 aliphatic carbocycles. The van der Waals surface area contributed by atoms with Gasteiger partial charge in [-0.2, -0.15) is 0 Å². The SMILES string of the molecule is CC(C)Cc1ccccc1C(=O)OC(C)CC(=O)OC(C)C. The molecule has 1 unspecified atom stereocenters. The predicted octanol–water partition coefficient (Wildman–Crippen LogP) is 3.77. The van der Waals surface area contributed by atoms with E-state index in [1.807, 2.05) is 18.2 Å². The second-order valence-corrected chi connectivity index (χ2v) is 6.21.